The Kier molecular flexibility index (Phi) is 6.46. The average Bonchev–Trinajstić information content (AvgIpc) is 2.54. The van der Waals surface area contributed by atoms with E-state index in [0.717, 1.165) is 23.7 Å². The van der Waals surface area contributed by atoms with Gasteiger partial charge in [0.15, 0.2) is 0 Å². The number of amides is 1. The van der Waals surface area contributed by atoms with Gasteiger partial charge in [0.05, 0.1) is 11.3 Å². The standard InChI is InChI=1S/C19H30N2O2/c1-4-5-6-7-8-11-14-20-17-13-10-9-12-16(17)19(22)21(23)18(20)15(2)3/h9-10,12-13,15,18,23H,4-8,11,14H2,1-3H3. The number of unbranched alkanes of at least 4 members (excludes halogenated alkanes) is 5. The van der Waals surface area contributed by atoms with Crippen LogP contribution in [0.5, 0.6) is 0 Å². The number of benzene rings is 1. The second-order valence-electron chi connectivity index (χ2n) is 6.79. The SMILES string of the molecule is CCCCCCCCN1c2ccccc2C(=O)N(O)C1C(C)C. The molecule has 2 rings (SSSR count). The molecule has 0 bridgehead atoms. The van der Waals surface area contributed by atoms with Crippen LogP contribution in [0.4, 0.5) is 5.69 Å². The van der Waals surface area contributed by atoms with Crippen molar-refractivity contribution in [2.24, 2.45) is 5.92 Å². The summed E-state index contributed by atoms with van der Waals surface area (Å²) in [7, 11) is 0. The van der Waals surface area contributed by atoms with Crippen LogP contribution in [0, 0.1) is 5.92 Å². The molecule has 0 aromatic heterocycles. The van der Waals surface area contributed by atoms with E-state index in [0.29, 0.717) is 5.56 Å². The minimum atomic E-state index is -0.293. The first kappa shape index (κ1) is 17.8. The van der Waals surface area contributed by atoms with Crippen molar-refractivity contribution in [1.82, 2.24) is 5.06 Å². The molecule has 1 amide bonds. The highest BCUT2D eigenvalue weighted by Crippen LogP contribution is 2.33. The van der Waals surface area contributed by atoms with Gasteiger partial charge in [-0.05, 0) is 24.5 Å². The largest absolute Gasteiger partial charge is 0.348 e. The number of carbonyl (C=O) groups is 1. The Morgan fingerprint density at radius 1 is 1.09 bits per heavy atom. The van der Waals surface area contributed by atoms with E-state index in [2.05, 4.69) is 11.8 Å². The fourth-order valence-electron chi connectivity index (χ4n) is 3.38. The smallest absolute Gasteiger partial charge is 0.281 e. The maximum Gasteiger partial charge on any atom is 0.281 e. The molecule has 0 spiro atoms. The van der Waals surface area contributed by atoms with Crippen molar-refractivity contribution in [3.05, 3.63) is 29.8 Å². The maximum atomic E-state index is 12.4. The third kappa shape index (κ3) is 4.05. The zero-order valence-electron chi connectivity index (χ0n) is 14.7. The molecule has 1 aromatic carbocycles. The second-order valence-corrected chi connectivity index (χ2v) is 6.79. The van der Waals surface area contributed by atoms with Crippen molar-refractivity contribution in [3.63, 3.8) is 0 Å². The molecule has 1 aliphatic heterocycles. The third-order valence-corrected chi connectivity index (χ3v) is 4.57. The molecular weight excluding hydrogens is 288 g/mol. The van der Waals surface area contributed by atoms with E-state index in [9.17, 15) is 10.0 Å². The third-order valence-electron chi connectivity index (χ3n) is 4.57. The highest BCUT2D eigenvalue weighted by Gasteiger charge is 2.38. The lowest BCUT2D eigenvalue weighted by Gasteiger charge is -2.44. The van der Waals surface area contributed by atoms with E-state index in [1.165, 1.54) is 32.1 Å². The summed E-state index contributed by atoms with van der Waals surface area (Å²) in [6, 6.07) is 7.60. The van der Waals surface area contributed by atoms with E-state index in [1.54, 1.807) is 6.07 Å². The van der Waals surface area contributed by atoms with Crippen LogP contribution in [-0.4, -0.2) is 28.9 Å². The fourth-order valence-corrected chi connectivity index (χ4v) is 3.38. The number of hydrogen-bond donors (Lipinski definition) is 1. The molecule has 0 saturated carbocycles. The first-order valence-corrected chi connectivity index (χ1v) is 8.96. The fraction of sp³-hybridized carbons (Fsp3) is 0.632. The highest BCUT2D eigenvalue weighted by molar-refractivity contribution is 6.01. The van der Waals surface area contributed by atoms with Gasteiger partial charge in [0.2, 0.25) is 0 Å². The van der Waals surface area contributed by atoms with Crippen molar-refractivity contribution < 1.29 is 10.0 Å². The van der Waals surface area contributed by atoms with E-state index >= 15 is 0 Å². The minimum Gasteiger partial charge on any atom is -0.348 e. The number of nitrogens with zero attached hydrogens (tertiary/aromatic N) is 2. The van der Waals surface area contributed by atoms with Crippen LogP contribution < -0.4 is 4.90 Å². The van der Waals surface area contributed by atoms with Crippen molar-refractivity contribution in [2.45, 2.75) is 65.5 Å². The van der Waals surface area contributed by atoms with Crippen LogP contribution in [0.2, 0.25) is 0 Å². The molecule has 0 radical (unpaired) electrons. The van der Waals surface area contributed by atoms with Gasteiger partial charge in [-0.3, -0.25) is 10.0 Å². The molecule has 1 aromatic rings. The van der Waals surface area contributed by atoms with E-state index in [1.807, 2.05) is 32.0 Å². The monoisotopic (exact) mass is 318 g/mol. The summed E-state index contributed by atoms with van der Waals surface area (Å²) >= 11 is 0. The van der Waals surface area contributed by atoms with Crippen LogP contribution in [0.1, 0.15) is 69.7 Å². The summed E-state index contributed by atoms with van der Waals surface area (Å²) in [6.45, 7) is 7.19. The molecule has 4 nitrogen and oxygen atoms in total. The Bertz CT molecular complexity index is 516. The van der Waals surface area contributed by atoms with Gasteiger partial charge in [0, 0.05) is 6.54 Å². The van der Waals surface area contributed by atoms with Crippen molar-refractivity contribution in [2.75, 3.05) is 11.4 Å². The Hall–Kier alpha value is -1.55. The van der Waals surface area contributed by atoms with Gasteiger partial charge in [-0.1, -0.05) is 65.0 Å². The Morgan fingerprint density at radius 2 is 1.74 bits per heavy atom. The van der Waals surface area contributed by atoms with Gasteiger partial charge in [-0.15, -0.1) is 0 Å². The molecule has 1 N–H and O–H groups in total. The number of hydrogen-bond acceptors (Lipinski definition) is 3. The van der Waals surface area contributed by atoms with Crippen LogP contribution >= 0.6 is 0 Å². The maximum absolute atomic E-state index is 12.4. The number of hydroxylamine groups is 2. The molecule has 1 heterocycles. The molecule has 128 valence electrons. The van der Waals surface area contributed by atoms with Crippen molar-refractivity contribution >= 4 is 11.6 Å². The van der Waals surface area contributed by atoms with Gasteiger partial charge >= 0.3 is 0 Å². The Morgan fingerprint density at radius 3 is 2.43 bits per heavy atom. The van der Waals surface area contributed by atoms with E-state index in [-0.39, 0.29) is 18.0 Å². The molecule has 23 heavy (non-hydrogen) atoms. The van der Waals surface area contributed by atoms with E-state index in [4.69, 9.17) is 0 Å². The Balaban J connectivity index is 2.10. The zero-order valence-corrected chi connectivity index (χ0v) is 14.7. The van der Waals surface area contributed by atoms with Gasteiger partial charge in [-0.25, -0.2) is 0 Å². The lowest BCUT2D eigenvalue weighted by molar-refractivity contribution is -0.103. The van der Waals surface area contributed by atoms with E-state index < -0.39 is 0 Å². The second kappa shape index (κ2) is 8.34. The molecule has 1 aliphatic rings. The summed E-state index contributed by atoms with van der Waals surface area (Å²) in [5.41, 5.74) is 1.55. The lowest BCUT2D eigenvalue weighted by Crippen LogP contribution is -2.56. The summed E-state index contributed by atoms with van der Waals surface area (Å²) in [6.07, 6.45) is 7.12. The van der Waals surface area contributed by atoms with Gasteiger partial charge < -0.3 is 4.90 Å². The predicted molar refractivity (Wildman–Crippen MR) is 93.7 cm³/mol. The van der Waals surface area contributed by atoms with Gasteiger partial charge in [-0.2, -0.15) is 5.06 Å². The summed E-state index contributed by atoms with van der Waals surface area (Å²) < 4.78 is 0. The first-order valence-electron chi connectivity index (χ1n) is 8.96. The van der Waals surface area contributed by atoms with Crippen LogP contribution in [0.15, 0.2) is 24.3 Å². The van der Waals surface area contributed by atoms with Gasteiger partial charge in [0.25, 0.3) is 5.91 Å². The first-order chi connectivity index (χ1) is 11.1. The molecule has 0 saturated heterocycles. The minimum absolute atomic E-state index is 0.164. The van der Waals surface area contributed by atoms with Gasteiger partial charge in [0.1, 0.15) is 6.17 Å². The Labute approximate surface area is 140 Å². The summed E-state index contributed by atoms with van der Waals surface area (Å²) in [4.78, 5) is 14.6. The normalized spacial score (nSPS) is 17.8. The molecule has 4 heteroatoms. The molecule has 1 atom stereocenters. The predicted octanol–water partition coefficient (Wildman–Crippen LogP) is 4.68. The van der Waals surface area contributed by atoms with Crippen LogP contribution in [-0.2, 0) is 0 Å². The number of fused-ring (bicyclic) bond motifs is 1. The topological polar surface area (TPSA) is 43.8 Å². The van der Waals surface area contributed by atoms with Crippen LogP contribution in [0.3, 0.4) is 0 Å². The molecule has 0 aliphatic carbocycles. The lowest BCUT2D eigenvalue weighted by atomic mass is 10.0. The summed E-state index contributed by atoms with van der Waals surface area (Å²) in [5.74, 6) is -0.129. The van der Waals surface area contributed by atoms with Crippen molar-refractivity contribution in [1.29, 1.82) is 0 Å². The molecule has 1 unspecified atom stereocenters. The molecule has 0 fully saturated rings. The number of rotatable bonds is 8. The number of para-hydroxylation sites is 1. The zero-order chi connectivity index (χ0) is 16.8. The summed E-state index contributed by atoms with van der Waals surface area (Å²) in [5, 5.41) is 11.3. The molecular formula is C19H30N2O2. The van der Waals surface area contributed by atoms with Crippen LogP contribution in [0.25, 0.3) is 0 Å². The number of carbonyl (C=O) groups excluding carboxylic acids is 1. The highest BCUT2D eigenvalue weighted by atomic mass is 16.5. The van der Waals surface area contributed by atoms with Crippen molar-refractivity contribution in [3.8, 4) is 0 Å². The number of anilines is 1. The average molecular weight is 318 g/mol. The quantitative estimate of drug-likeness (QED) is 0.559.